The van der Waals surface area contributed by atoms with Crippen LogP contribution in [0.1, 0.15) is 34.3 Å². The highest BCUT2D eigenvalue weighted by Gasteiger charge is 2.28. The first-order valence-electron chi connectivity index (χ1n) is 10.2. The highest BCUT2D eigenvalue weighted by Crippen LogP contribution is 2.22. The molecule has 1 N–H and O–H groups in total. The van der Waals surface area contributed by atoms with Crippen LogP contribution in [0.2, 0.25) is 5.02 Å². The van der Waals surface area contributed by atoms with Crippen molar-refractivity contribution < 1.29 is 19.1 Å². The molecule has 4 rings (SSSR count). The van der Waals surface area contributed by atoms with Gasteiger partial charge in [-0.05, 0) is 47.5 Å². The third-order valence-corrected chi connectivity index (χ3v) is 5.40. The Morgan fingerprint density at radius 3 is 2.19 bits per heavy atom. The molecular formula is C25H21ClN2O4. The average molecular weight is 449 g/mol. The van der Waals surface area contributed by atoms with Gasteiger partial charge >= 0.3 is 0 Å². The van der Waals surface area contributed by atoms with E-state index in [1.807, 2.05) is 18.2 Å². The van der Waals surface area contributed by atoms with Crippen molar-refractivity contribution in [1.29, 1.82) is 0 Å². The van der Waals surface area contributed by atoms with E-state index in [1.165, 1.54) is 4.90 Å². The minimum absolute atomic E-state index is 0.150. The highest BCUT2D eigenvalue weighted by atomic mass is 35.5. The summed E-state index contributed by atoms with van der Waals surface area (Å²) in [6, 6.07) is 21.4. The van der Waals surface area contributed by atoms with E-state index in [-0.39, 0.29) is 37.1 Å². The first-order chi connectivity index (χ1) is 15.5. The number of benzene rings is 3. The largest absolute Gasteiger partial charge is 0.488 e. The molecule has 32 heavy (non-hydrogen) atoms. The number of carbonyl (C=O) groups excluding carboxylic acids is 3. The number of rotatable bonds is 7. The second kappa shape index (κ2) is 9.66. The molecule has 6 nitrogen and oxygen atoms in total. The molecule has 0 radical (unpaired) electrons. The number of likely N-dealkylation sites (tertiary alicyclic amines) is 1. The lowest BCUT2D eigenvalue weighted by molar-refractivity contribution is -0.139. The van der Waals surface area contributed by atoms with Crippen LogP contribution in [0.15, 0.2) is 72.8 Å². The summed E-state index contributed by atoms with van der Waals surface area (Å²) in [5.74, 6) is -0.123. The number of hydrogen-bond acceptors (Lipinski definition) is 4. The number of hydrogen-bond donors (Lipinski definition) is 1. The molecule has 0 bridgehead atoms. The summed E-state index contributed by atoms with van der Waals surface area (Å²) in [4.78, 5) is 37.7. The van der Waals surface area contributed by atoms with Crippen LogP contribution in [-0.4, -0.2) is 22.6 Å². The summed E-state index contributed by atoms with van der Waals surface area (Å²) in [7, 11) is 0. The molecule has 1 saturated heterocycles. The van der Waals surface area contributed by atoms with Crippen molar-refractivity contribution in [2.75, 3.05) is 5.32 Å². The molecule has 1 heterocycles. The quantitative estimate of drug-likeness (QED) is 0.526. The van der Waals surface area contributed by atoms with Gasteiger partial charge in [-0.15, -0.1) is 0 Å². The summed E-state index contributed by atoms with van der Waals surface area (Å²) < 4.78 is 5.86. The van der Waals surface area contributed by atoms with E-state index in [1.54, 1.807) is 54.6 Å². The molecule has 0 aliphatic carbocycles. The van der Waals surface area contributed by atoms with Crippen molar-refractivity contribution in [2.24, 2.45) is 0 Å². The van der Waals surface area contributed by atoms with Gasteiger partial charge in [-0.2, -0.15) is 0 Å². The van der Waals surface area contributed by atoms with Crippen molar-refractivity contribution in [3.05, 3.63) is 94.5 Å². The third-order valence-electron chi connectivity index (χ3n) is 5.15. The molecular weight excluding hydrogens is 428 g/mol. The standard InChI is InChI=1S/C25H21ClN2O4/c26-19-9-5-18(6-10-19)16-32-22-4-2-1-3-21(22)25(31)27-20-11-7-17(8-12-20)15-28-23(29)13-14-24(28)30/h1-12H,13-16H2,(H,27,31). The number of para-hydroxylation sites is 1. The monoisotopic (exact) mass is 448 g/mol. The van der Waals surface area contributed by atoms with Gasteiger partial charge in [-0.25, -0.2) is 0 Å². The maximum absolute atomic E-state index is 12.8. The molecule has 1 fully saturated rings. The van der Waals surface area contributed by atoms with Gasteiger partial charge in [0, 0.05) is 23.6 Å². The molecule has 0 aromatic heterocycles. The predicted molar refractivity (Wildman–Crippen MR) is 121 cm³/mol. The topological polar surface area (TPSA) is 75.7 Å². The smallest absolute Gasteiger partial charge is 0.259 e. The van der Waals surface area contributed by atoms with E-state index >= 15 is 0 Å². The Hall–Kier alpha value is -3.64. The Kier molecular flexibility index (Phi) is 6.52. The zero-order valence-electron chi connectivity index (χ0n) is 17.2. The van der Waals surface area contributed by atoms with E-state index in [0.29, 0.717) is 28.6 Å². The number of nitrogens with zero attached hydrogens (tertiary/aromatic N) is 1. The number of anilines is 1. The third kappa shape index (κ3) is 5.15. The Morgan fingerprint density at radius 2 is 1.50 bits per heavy atom. The maximum atomic E-state index is 12.8. The average Bonchev–Trinajstić information content (AvgIpc) is 3.12. The van der Waals surface area contributed by atoms with E-state index in [4.69, 9.17) is 16.3 Å². The molecule has 0 spiro atoms. The molecule has 7 heteroatoms. The van der Waals surface area contributed by atoms with Crippen molar-refractivity contribution in [1.82, 2.24) is 4.90 Å². The van der Waals surface area contributed by atoms with Crippen LogP contribution >= 0.6 is 11.6 Å². The number of imide groups is 1. The van der Waals surface area contributed by atoms with E-state index in [9.17, 15) is 14.4 Å². The summed E-state index contributed by atoms with van der Waals surface area (Å²) >= 11 is 5.91. The summed E-state index contributed by atoms with van der Waals surface area (Å²) in [6.07, 6.45) is 0.541. The maximum Gasteiger partial charge on any atom is 0.259 e. The summed E-state index contributed by atoms with van der Waals surface area (Å²) in [6.45, 7) is 0.553. The Balaban J connectivity index is 1.40. The van der Waals surface area contributed by atoms with Crippen LogP contribution < -0.4 is 10.1 Å². The minimum Gasteiger partial charge on any atom is -0.488 e. The fraction of sp³-hybridized carbons (Fsp3) is 0.160. The molecule has 162 valence electrons. The first kappa shape index (κ1) is 21.6. The summed E-state index contributed by atoms with van der Waals surface area (Å²) in [5, 5.41) is 3.51. The molecule has 0 atom stereocenters. The minimum atomic E-state index is -0.297. The van der Waals surface area contributed by atoms with Crippen molar-refractivity contribution in [3.63, 3.8) is 0 Å². The molecule has 0 saturated carbocycles. The van der Waals surface area contributed by atoms with E-state index < -0.39 is 0 Å². The predicted octanol–water partition coefficient (Wildman–Crippen LogP) is 4.82. The SMILES string of the molecule is O=C(Nc1ccc(CN2C(=O)CCC2=O)cc1)c1ccccc1OCc1ccc(Cl)cc1. The fourth-order valence-electron chi connectivity index (χ4n) is 3.40. The second-order valence-corrected chi connectivity index (χ2v) is 7.87. The lowest BCUT2D eigenvalue weighted by atomic mass is 10.1. The van der Waals surface area contributed by atoms with Crippen LogP contribution in [0.4, 0.5) is 5.69 Å². The molecule has 3 amide bonds. The second-order valence-electron chi connectivity index (χ2n) is 7.44. The van der Waals surface area contributed by atoms with Crippen molar-refractivity contribution >= 4 is 35.0 Å². The highest BCUT2D eigenvalue weighted by molar-refractivity contribution is 6.30. The Labute approximate surface area is 190 Å². The van der Waals surface area contributed by atoms with Crippen molar-refractivity contribution in [2.45, 2.75) is 26.0 Å². The van der Waals surface area contributed by atoms with Gasteiger partial charge < -0.3 is 10.1 Å². The number of amides is 3. The van der Waals surface area contributed by atoms with Gasteiger partial charge in [0.05, 0.1) is 12.1 Å². The molecule has 1 aliphatic heterocycles. The first-order valence-corrected chi connectivity index (χ1v) is 10.6. The van der Waals surface area contributed by atoms with Crippen LogP contribution in [0.25, 0.3) is 0 Å². The lowest BCUT2D eigenvalue weighted by Crippen LogP contribution is -2.28. The Bertz CT molecular complexity index is 1130. The van der Waals surface area contributed by atoms with Gasteiger partial charge in [0.2, 0.25) is 11.8 Å². The molecule has 1 aliphatic rings. The molecule has 3 aromatic rings. The van der Waals surface area contributed by atoms with E-state index in [2.05, 4.69) is 5.32 Å². The van der Waals surface area contributed by atoms with E-state index in [0.717, 1.165) is 11.1 Å². The van der Waals surface area contributed by atoms with Gasteiger partial charge in [0.15, 0.2) is 0 Å². The number of halogens is 1. The normalized spacial score (nSPS) is 13.3. The number of carbonyl (C=O) groups is 3. The summed E-state index contributed by atoms with van der Waals surface area (Å²) in [5.41, 5.74) is 2.78. The molecule has 0 unspecified atom stereocenters. The number of nitrogens with one attached hydrogen (secondary N) is 1. The van der Waals surface area contributed by atoms with Gasteiger partial charge in [-0.3, -0.25) is 19.3 Å². The molecule has 3 aromatic carbocycles. The van der Waals surface area contributed by atoms with Gasteiger partial charge in [-0.1, -0.05) is 48.0 Å². The zero-order chi connectivity index (χ0) is 22.5. The Morgan fingerprint density at radius 1 is 0.875 bits per heavy atom. The van der Waals surface area contributed by atoms with Crippen LogP contribution in [0, 0.1) is 0 Å². The van der Waals surface area contributed by atoms with Gasteiger partial charge in [0.25, 0.3) is 5.91 Å². The van der Waals surface area contributed by atoms with Crippen LogP contribution in [-0.2, 0) is 22.7 Å². The van der Waals surface area contributed by atoms with Crippen LogP contribution in [0.3, 0.4) is 0 Å². The zero-order valence-corrected chi connectivity index (χ0v) is 18.0. The van der Waals surface area contributed by atoms with Crippen LogP contribution in [0.5, 0.6) is 5.75 Å². The van der Waals surface area contributed by atoms with Gasteiger partial charge in [0.1, 0.15) is 12.4 Å². The number of ether oxygens (including phenoxy) is 1. The fourth-order valence-corrected chi connectivity index (χ4v) is 3.52. The van der Waals surface area contributed by atoms with Crippen molar-refractivity contribution in [3.8, 4) is 5.75 Å². The lowest BCUT2D eigenvalue weighted by Gasteiger charge is -2.14.